The van der Waals surface area contributed by atoms with Crippen LogP contribution in [0, 0.1) is 22.7 Å². The normalized spacial score (nSPS) is 17.2. The van der Waals surface area contributed by atoms with Gasteiger partial charge in [0, 0.05) is 12.6 Å². The van der Waals surface area contributed by atoms with Crippen LogP contribution in [-0.4, -0.2) is 28.8 Å². The monoisotopic (exact) mass is 351 g/mol. The number of ketones is 1. The summed E-state index contributed by atoms with van der Waals surface area (Å²) in [5, 5.41) is 22.5. The number of Topliss-reactive ketones (excluding diaryl/α,β-unsaturated/α-hetero) is 1. The van der Waals surface area contributed by atoms with Crippen molar-refractivity contribution in [2.45, 2.75) is 34.6 Å². The molecule has 1 aromatic rings. The van der Waals surface area contributed by atoms with Crippen LogP contribution >= 0.6 is 0 Å². The maximum absolute atomic E-state index is 12.9. The number of rotatable bonds is 4. The van der Waals surface area contributed by atoms with E-state index in [-0.39, 0.29) is 17.0 Å². The molecule has 1 aliphatic heterocycles. The van der Waals surface area contributed by atoms with Crippen LogP contribution in [-0.2, 0) is 9.59 Å². The van der Waals surface area contributed by atoms with Crippen molar-refractivity contribution in [2.75, 3.05) is 5.01 Å². The van der Waals surface area contributed by atoms with E-state index in [1.807, 2.05) is 20.8 Å². The van der Waals surface area contributed by atoms with E-state index >= 15 is 0 Å². The van der Waals surface area contributed by atoms with E-state index in [4.69, 9.17) is 0 Å². The molecule has 1 amide bonds. The highest BCUT2D eigenvalue weighted by molar-refractivity contribution is 6.71. The average molecular weight is 351 g/mol. The predicted molar refractivity (Wildman–Crippen MR) is 101 cm³/mol. The number of para-hydroxylation sites is 1. The molecule has 0 N–H and O–H groups in total. The zero-order valence-electron chi connectivity index (χ0n) is 15.5. The first-order valence-electron chi connectivity index (χ1n) is 8.18. The molecule has 7 heteroatoms. The number of carbonyl (C=O) groups is 2. The molecule has 0 aromatic heterocycles. The lowest BCUT2D eigenvalue weighted by molar-refractivity contribution is -0.116. The number of carbonyl (C=O) groups excluding carboxylic acids is 2. The Labute approximate surface area is 152 Å². The van der Waals surface area contributed by atoms with Gasteiger partial charge in [-0.1, -0.05) is 39.0 Å². The van der Waals surface area contributed by atoms with E-state index in [0.29, 0.717) is 11.4 Å². The predicted octanol–water partition coefficient (Wildman–Crippen LogP) is 2.98. The lowest BCUT2D eigenvalue weighted by Gasteiger charge is -2.27. The number of nitriles is 1. The van der Waals surface area contributed by atoms with Crippen LogP contribution in [0.25, 0.3) is 0 Å². The van der Waals surface area contributed by atoms with Crippen molar-refractivity contribution >= 4 is 34.5 Å². The zero-order valence-corrected chi connectivity index (χ0v) is 15.5. The molecule has 1 heterocycles. The van der Waals surface area contributed by atoms with Gasteiger partial charge in [-0.15, -0.1) is 5.10 Å². The first-order chi connectivity index (χ1) is 12.2. The van der Waals surface area contributed by atoms with E-state index in [1.54, 1.807) is 43.3 Å². The highest BCUT2D eigenvalue weighted by Gasteiger charge is 2.40. The van der Waals surface area contributed by atoms with Gasteiger partial charge in [0.15, 0.2) is 0 Å². The van der Waals surface area contributed by atoms with Gasteiger partial charge in [0.25, 0.3) is 0 Å². The highest BCUT2D eigenvalue weighted by Crippen LogP contribution is 2.32. The summed E-state index contributed by atoms with van der Waals surface area (Å²) < 4.78 is 0. The summed E-state index contributed by atoms with van der Waals surface area (Å²) in [6.07, 6.45) is 0. The molecule has 1 unspecified atom stereocenters. The van der Waals surface area contributed by atoms with Crippen molar-refractivity contribution in [3.63, 3.8) is 0 Å². The number of amides is 1. The fraction of sp³-hybridized carbons (Fsp3) is 0.368. The van der Waals surface area contributed by atoms with Crippen LogP contribution in [0.4, 0.5) is 5.69 Å². The molecule has 134 valence electrons. The molecule has 0 fully saturated rings. The molecule has 0 aliphatic carbocycles. The van der Waals surface area contributed by atoms with E-state index in [2.05, 4.69) is 15.3 Å². The molecule has 0 bridgehead atoms. The second kappa shape index (κ2) is 7.40. The largest absolute Gasteiger partial charge is 0.284 e. The fourth-order valence-corrected chi connectivity index (χ4v) is 2.88. The van der Waals surface area contributed by atoms with Gasteiger partial charge in [0.2, 0.25) is 17.4 Å². The van der Waals surface area contributed by atoms with E-state index in [1.165, 1.54) is 6.92 Å². The molecule has 0 radical (unpaired) electrons. The Balaban J connectivity index is 2.41. The third-order valence-corrected chi connectivity index (χ3v) is 3.93. The summed E-state index contributed by atoms with van der Waals surface area (Å²) in [6.45, 7) is 9.03. The minimum absolute atomic E-state index is 0.173. The fourth-order valence-electron chi connectivity index (χ4n) is 2.88. The van der Waals surface area contributed by atoms with Crippen LogP contribution in [0.5, 0.6) is 0 Å². The van der Waals surface area contributed by atoms with Gasteiger partial charge in [-0.25, -0.2) is 0 Å². The highest BCUT2D eigenvalue weighted by atomic mass is 16.2. The molecule has 0 spiro atoms. The molecule has 26 heavy (non-hydrogen) atoms. The molecule has 1 aliphatic rings. The lowest BCUT2D eigenvalue weighted by atomic mass is 9.74. The van der Waals surface area contributed by atoms with Crippen molar-refractivity contribution in [3.05, 3.63) is 30.3 Å². The van der Waals surface area contributed by atoms with Crippen molar-refractivity contribution < 1.29 is 9.59 Å². The van der Waals surface area contributed by atoms with Crippen molar-refractivity contribution in [3.8, 4) is 6.07 Å². The maximum atomic E-state index is 12.9. The number of nitrogens with zero attached hydrogens (tertiary/aromatic N) is 5. The quantitative estimate of drug-likeness (QED) is 0.616. The first kappa shape index (κ1) is 19.2. The van der Waals surface area contributed by atoms with Gasteiger partial charge in [0.1, 0.15) is 11.8 Å². The molecular weight excluding hydrogens is 330 g/mol. The van der Waals surface area contributed by atoms with Crippen molar-refractivity contribution in [1.29, 1.82) is 5.26 Å². The van der Waals surface area contributed by atoms with Crippen LogP contribution in [0.1, 0.15) is 34.6 Å². The van der Waals surface area contributed by atoms with Crippen molar-refractivity contribution in [2.24, 2.45) is 26.6 Å². The lowest BCUT2D eigenvalue weighted by Crippen LogP contribution is -2.39. The number of hydrogen-bond donors (Lipinski definition) is 0. The van der Waals surface area contributed by atoms with Crippen molar-refractivity contribution in [1.82, 2.24) is 0 Å². The van der Waals surface area contributed by atoms with Gasteiger partial charge in [-0.05, 0) is 24.5 Å². The van der Waals surface area contributed by atoms with Gasteiger partial charge in [0.05, 0.1) is 11.6 Å². The number of hydrazone groups is 1. The smallest absolute Gasteiger partial charge is 0.244 e. The minimum atomic E-state index is -0.616. The molecule has 1 atom stereocenters. The zero-order chi connectivity index (χ0) is 19.5. The van der Waals surface area contributed by atoms with E-state index in [0.717, 1.165) is 5.01 Å². The standard InChI is InChI=1S/C19H21N5O2/c1-12-16(19(3,4)5)17(22-21-12)18(26)15(11-20)23-24(13(2)25)14-9-7-6-8-10-14/h6-10,16H,1-5H3/b23-15+. The van der Waals surface area contributed by atoms with Crippen LogP contribution in [0.15, 0.2) is 45.6 Å². The number of hydrogen-bond acceptors (Lipinski definition) is 6. The molecule has 2 rings (SSSR count). The SMILES string of the molecule is CC(=O)N(/N=C(\C#N)C(=O)C1=NN=C(C)C1C(C)(C)C)c1ccccc1. The topological polar surface area (TPSA) is 98.2 Å². The maximum Gasteiger partial charge on any atom is 0.244 e. The summed E-state index contributed by atoms with van der Waals surface area (Å²) in [4.78, 5) is 24.8. The van der Waals surface area contributed by atoms with Gasteiger partial charge in [-0.2, -0.15) is 20.5 Å². The second-order valence-electron chi connectivity index (χ2n) is 7.08. The van der Waals surface area contributed by atoms with Gasteiger partial charge in [-0.3, -0.25) is 9.59 Å². The molecule has 0 saturated carbocycles. The summed E-state index contributed by atoms with van der Waals surface area (Å²) in [5.74, 6) is -1.34. The first-order valence-corrected chi connectivity index (χ1v) is 8.18. The summed E-state index contributed by atoms with van der Waals surface area (Å²) >= 11 is 0. The third kappa shape index (κ3) is 3.91. The van der Waals surface area contributed by atoms with Gasteiger partial charge >= 0.3 is 0 Å². The Morgan fingerprint density at radius 2 is 1.81 bits per heavy atom. The minimum Gasteiger partial charge on any atom is -0.284 e. The number of anilines is 1. The average Bonchev–Trinajstić information content (AvgIpc) is 2.97. The summed E-state index contributed by atoms with van der Waals surface area (Å²) in [7, 11) is 0. The summed E-state index contributed by atoms with van der Waals surface area (Å²) in [5.41, 5.74) is 0.658. The van der Waals surface area contributed by atoms with Gasteiger partial charge < -0.3 is 0 Å². The molecule has 0 saturated heterocycles. The Morgan fingerprint density at radius 1 is 1.19 bits per heavy atom. The van der Waals surface area contributed by atoms with Crippen LogP contribution in [0.2, 0.25) is 0 Å². The second-order valence-corrected chi connectivity index (χ2v) is 7.08. The Hall–Kier alpha value is -3.14. The van der Waals surface area contributed by atoms with Crippen LogP contribution in [0.3, 0.4) is 0 Å². The molecular formula is C19H21N5O2. The molecule has 1 aromatic carbocycles. The Bertz CT molecular complexity index is 854. The van der Waals surface area contributed by atoms with E-state index < -0.39 is 17.4 Å². The number of benzene rings is 1. The van der Waals surface area contributed by atoms with Crippen LogP contribution < -0.4 is 5.01 Å². The molecule has 7 nitrogen and oxygen atoms in total. The van der Waals surface area contributed by atoms with E-state index in [9.17, 15) is 14.9 Å². The Morgan fingerprint density at radius 3 is 2.31 bits per heavy atom. The summed E-state index contributed by atoms with van der Waals surface area (Å²) in [6, 6.07) is 10.4. The third-order valence-electron chi connectivity index (χ3n) is 3.93. The Kier molecular flexibility index (Phi) is 5.46.